The van der Waals surface area contributed by atoms with Gasteiger partial charge in [-0.25, -0.2) is 0 Å². The van der Waals surface area contributed by atoms with E-state index in [0.717, 1.165) is 29.3 Å². The molecule has 0 amide bonds. The summed E-state index contributed by atoms with van der Waals surface area (Å²) < 4.78 is 1.79. The number of anilines is 1. The lowest BCUT2D eigenvalue weighted by Gasteiger charge is -2.26. The molecule has 1 aromatic carbocycles. The van der Waals surface area contributed by atoms with Gasteiger partial charge in [0, 0.05) is 24.0 Å². The Labute approximate surface area is 155 Å². The fraction of sp³-hybridized carbons (Fsp3) is 0.211. The predicted octanol–water partition coefficient (Wildman–Crippen LogP) is 3.63. The number of aromatic hydroxyl groups is 1. The van der Waals surface area contributed by atoms with Gasteiger partial charge < -0.3 is 10.0 Å². The summed E-state index contributed by atoms with van der Waals surface area (Å²) in [4.78, 5) is 2.14. The zero-order valence-corrected chi connectivity index (χ0v) is 15.4. The molecule has 0 bridgehead atoms. The molecule has 0 aliphatic rings. The molecule has 0 radical (unpaired) electrons. The summed E-state index contributed by atoms with van der Waals surface area (Å²) in [6.45, 7) is 2.16. The topological polar surface area (TPSA) is 66.5 Å². The van der Waals surface area contributed by atoms with Crippen LogP contribution < -0.4 is 4.90 Å². The molecule has 0 spiro atoms. The SMILES string of the molecule is CC(Cc1ccc(O)cc1)N(C)c1ccc2nnc(-c3ccsc3)n2n1. The molecule has 26 heavy (non-hydrogen) atoms. The molecular weight excluding hydrogens is 346 g/mol. The van der Waals surface area contributed by atoms with E-state index in [2.05, 4.69) is 22.0 Å². The number of hydrogen-bond donors (Lipinski definition) is 1. The van der Waals surface area contributed by atoms with Gasteiger partial charge in [0.15, 0.2) is 11.5 Å². The lowest BCUT2D eigenvalue weighted by molar-refractivity contribution is 0.475. The van der Waals surface area contributed by atoms with Gasteiger partial charge in [-0.3, -0.25) is 0 Å². The van der Waals surface area contributed by atoms with Gasteiger partial charge in [0.2, 0.25) is 0 Å². The smallest absolute Gasteiger partial charge is 0.186 e. The zero-order valence-electron chi connectivity index (χ0n) is 14.6. The highest BCUT2D eigenvalue weighted by molar-refractivity contribution is 7.08. The molecule has 0 saturated heterocycles. The van der Waals surface area contributed by atoms with Gasteiger partial charge in [-0.1, -0.05) is 12.1 Å². The average Bonchev–Trinajstić information content (AvgIpc) is 3.31. The quantitative estimate of drug-likeness (QED) is 0.585. The lowest BCUT2D eigenvalue weighted by Crippen LogP contribution is -2.31. The van der Waals surface area contributed by atoms with Crippen molar-refractivity contribution in [3.8, 4) is 17.1 Å². The molecule has 0 aliphatic heterocycles. The maximum Gasteiger partial charge on any atom is 0.186 e. The van der Waals surface area contributed by atoms with E-state index < -0.39 is 0 Å². The number of likely N-dealkylation sites (N-methyl/N-ethyl adjacent to an activating group) is 1. The lowest BCUT2D eigenvalue weighted by atomic mass is 10.1. The van der Waals surface area contributed by atoms with E-state index in [0.29, 0.717) is 0 Å². The number of fused-ring (bicyclic) bond motifs is 1. The summed E-state index contributed by atoms with van der Waals surface area (Å²) in [5.41, 5.74) is 2.92. The number of thiophene rings is 1. The molecule has 3 aromatic heterocycles. The minimum atomic E-state index is 0.241. The Balaban J connectivity index is 1.61. The molecule has 0 fully saturated rings. The number of rotatable bonds is 5. The van der Waals surface area contributed by atoms with Gasteiger partial charge >= 0.3 is 0 Å². The molecule has 4 rings (SSSR count). The second-order valence-corrected chi connectivity index (χ2v) is 7.11. The van der Waals surface area contributed by atoms with Crippen molar-refractivity contribution in [2.24, 2.45) is 0 Å². The van der Waals surface area contributed by atoms with Crippen LogP contribution >= 0.6 is 11.3 Å². The van der Waals surface area contributed by atoms with Crippen LogP contribution in [0.25, 0.3) is 17.0 Å². The van der Waals surface area contributed by atoms with E-state index in [1.165, 1.54) is 5.56 Å². The van der Waals surface area contributed by atoms with Crippen LogP contribution in [0.1, 0.15) is 12.5 Å². The Bertz CT molecular complexity index is 1010. The van der Waals surface area contributed by atoms with Crippen molar-refractivity contribution in [2.75, 3.05) is 11.9 Å². The highest BCUT2D eigenvalue weighted by Gasteiger charge is 2.15. The normalized spacial score (nSPS) is 12.4. The first kappa shape index (κ1) is 16.5. The van der Waals surface area contributed by atoms with Crippen molar-refractivity contribution >= 4 is 22.8 Å². The van der Waals surface area contributed by atoms with Crippen molar-refractivity contribution in [3.63, 3.8) is 0 Å². The minimum Gasteiger partial charge on any atom is -0.508 e. The first-order chi connectivity index (χ1) is 12.6. The molecule has 4 aromatic rings. The number of nitrogens with zero attached hydrogens (tertiary/aromatic N) is 5. The van der Waals surface area contributed by atoms with Gasteiger partial charge in [0.25, 0.3) is 0 Å². The molecule has 1 atom stereocenters. The molecule has 0 saturated carbocycles. The van der Waals surface area contributed by atoms with E-state index in [4.69, 9.17) is 5.10 Å². The van der Waals surface area contributed by atoms with E-state index in [1.54, 1.807) is 28.0 Å². The van der Waals surface area contributed by atoms with Crippen LogP contribution in [-0.4, -0.2) is 38.0 Å². The third-order valence-electron chi connectivity index (χ3n) is 4.52. The summed E-state index contributed by atoms with van der Waals surface area (Å²) in [6, 6.07) is 13.5. The van der Waals surface area contributed by atoms with Crippen LogP contribution in [0, 0.1) is 0 Å². The van der Waals surface area contributed by atoms with Crippen LogP contribution in [0.4, 0.5) is 5.82 Å². The number of benzene rings is 1. The van der Waals surface area contributed by atoms with Crippen LogP contribution in [0.15, 0.2) is 53.2 Å². The fourth-order valence-corrected chi connectivity index (χ4v) is 3.51. The maximum atomic E-state index is 9.43. The highest BCUT2D eigenvalue weighted by atomic mass is 32.1. The summed E-state index contributed by atoms with van der Waals surface area (Å²) in [5, 5.41) is 26.7. The first-order valence-corrected chi connectivity index (χ1v) is 9.32. The summed E-state index contributed by atoms with van der Waals surface area (Å²) in [6.07, 6.45) is 0.857. The molecular formula is C19H19N5OS. The van der Waals surface area contributed by atoms with Crippen LogP contribution in [0.2, 0.25) is 0 Å². The van der Waals surface area contributed by atoms with Crippen LogP contribution in [0.3, 0.4) is 0 Å². The Hall–Kier alpha value is -2.93. The molecule has 0 aliphatic carbocycles. The van der Waals surface area contributed by atoms with E-state index in [1.807, 2.05) is 48.1 Å². The van der Waals surface area contributed by atoms with E-state index in [-0.39, 0.29) is 11.8 Å². The van der Waals surface area contributed by atoms with E-state index in [9.17, 15) is 5.11 Å². The Morgan fingerprint density at radius 3 is 2.65 bits per heavy atom. The largest absolute Gasteiger partial charge is 0.508 e. The zero-order chi connectivity index (χ0) is 18.1. The third kappa shape index (κ3) is 3.13. The fourth-order valence-electron chi connectivity index (χ4n) is 2.87. The molecule has 132 valence electrons. The molecule has 1 unspecified atom stereocenters. The van der Waals surface area contributed by atoms with Gasteiger partial charge in [-0.15, -0.1) is 15.3 Å². The monoisotopic (exact) mass is 365 g/mol. The number of phenols is 1. The third-order valence-corrected chi connectivity index (χ3v) is 5.20. The van der Waals surface area contributed by atoms with Crippen LogP contribution in [0.5, 0.6) is 5.75 Å². The van der Waals surface area contributed by atoms with Crippen molar-refractivity contribution < 1.29 is 5.11 Å². The number of aromatic nitrogens is 4. The van der Waals surface area contributed by atoms with Crippen LogP contribution in [-0.2, 0) is 6.42 Å². The van der Waals surface area contributed by atoms with Crippen molar-refractivity contribution in [3.05, 3.63) is 58.8 Å². The van der Waals surface area contributed by atoms with Gasteiger partial charge in [-0.05, 0) is 54.6 Å². The first-order valence-electron chi connectivity index (χ1n) is 8.37. The van der Waals surface area contributed by atoms with Crippen molar-refractivity contribution in [1.29, 1.82) is 0 Å². The van der Waals surface area contributed by atoms with Crippen molar-refractivity contribution in [1.82, 2.24) is 19.8 Å². The van der Waals surface area contributed by atoms with Gasteiger partial charge in [-0.2, -0.15) is 15.9 Å². The van der Waals surface area contributed by atoms with Gasteiger partial charge in [0.1, 0.15) is 11.6 Å². The molecule has 1 N–H and O–H groups in total. The summed E-state index contributed by atoms with van der Waals surface area (Å²) in [7, 11) is 2.04. The number of phenolic OH excluding ortho intramolecular Hbond substituents is 1. The van der Waals surface area contributed by atoms with Crippen molar-refractivity contribution in [2.45, 2.75) is 19.4 Å². The Morgan fingerprint density at radius 2 is 1.92 bits per heavy atom. The predicted molar refractivity (Wildman–Crippen MR) is 104 cm³/mol. The second kappa shape index (κ2) is 6.76. The second-order valence-electron chi connectivity index (χ2n) is 6.33. The summed E-state index contributed by atoms with van der Waals surface area (Å²) in [5.74, 6) is 1.90. The average molecular weight is 365 g/mol. The highest BCUT2D eigenvalue weighted by Crippen LogP contribution is 2.22. The Kier molecular flexibility index (Phi) is 4.30. The standard InChI is InChI=1S/C19H19N5OS/c1-13(11-14-3-5-16(25)6-4-14)23(2)18-8-7-17-20-21-19(24(17)22-18)15-9-10-26-12-15/h3-10,12-13,25H,11H2,1-2H3. The maximum absolute atomic E-state index is 9.43. The van der Waals surface area contributed by atoms with E-state index >= 15 is 0 Å². The molecule has 3 heterocycles. The summed E-state index contributed by atoms with van der Waals surface area (Å²) >= 11 is 1.63. The molecule has 6 nitrogen and oxygen atoms in total. The Morgan fingerprint density at radius 1 is 1.12 bits per heavy atom. The van der Waals surface area contributed by atoms with Gasteiger partial charge in [0.05, 0.1) is 0 Å². The minimum absolute atomic E-state index is 0.241. The molecule has 7 heteroatoms. The number of hydrogen-bond acceptors (Lipinski definition) is 6.